The van der Waals surface area contributed by atoms with Gasteiger partial charge in [0, 0.05) is 4.47 Å². The van der Waals surface area contributed by atoms with Crippen molar-refractivity contribution in [1.29, 1.82) is 0 Å². The van der Waals surface area contributed by atoms with Gasteiger partial charge in [-0.3, -0.25) is 0 Å². The second kappa shape index (κ2) is 4.41. The first kappa shape index (κ1) is 10.8. The highest BCUT2D eigenvalue weighted by Crippen LogP contribution is 2.26. The summed E-state index contributed by atoms with van der Waals surface area (Å²) in [5.41, 5.74) is 6.50. The minimum atomic E-state index is 0.409. The van der Waals surface area contributed by atoms with Crippen molar-refractivity contribution < 1.29 is 0 Å². The van der Waals surface area contributed by atoms with Crippen molar-refractivity contribution in [3.05, 3.63) is 27.7 Å². The van der Waals surface area contributed by atoms with Crippen LogP contribution in [0.3, 0.4) is 0 Å². The molecule has 0 unspecified atom stereocenters. The fourth-order valence-electron chi connectivity index (χ4n) is 1.16. The zero-order valence-corrected chi connectivity index (χ0v) is 10.3. The van der Waals surface area contributed by atoms with Crippen LogP contribution in [0.25, 0.3) is 0 Å². The average molecular weight is 289 g/mol. The SMILES string of the molecule is NC(=NC1CC1)Nc1ccc(Br)cc1Cl. The highest BCUT2D eigenvalue weighted by Gasteiger charge is 2.20. The first-order chi connectivity index (χ1) is 7.15. The number of rotatable bonds is 2. The molecule has 1 aromatic carbocycles. The molecule has 0 bridgehead atoms. The van der Waals surface area contributed by atoms with E-state index in [9.17, 15) is 0 Å². The van der Waals surface area contributed by atoms with Crippen LogP contribution >= 0.6 is 27.5 Å². The molecule has 1 saturated carbocycles. The van der Waals surface area contributed by atoms with Crippen LogP contribution in [-0.4, -0.2) is 12.0 Å². The Balaban J connectivity index is 2.09. The number of aliphatic imine (C=N–C) groups is 1. The maximum absolute atomic E-state index is 6.02. The first-order valence-corrected chi connectivity index (χ1v) is 5.87. The predicted octanol–water partition coefficient (Wildman–Crippen LogP) is 2.99. The summed E-state index contributed by atoms with van der Waals surface area (Å²) >= 11 is 9.36. The number of benzene rings is 1. The molecule has 0 radical (unpaired) electrons. The standard InChI is InChI=1S/C10H11BrClN3/c11-6-1-4-9(8(12)5-6)15-10(13)14-7-2-3-7/h1,4-5,7H,2-3H2,(H3,13,14,15). The van der Waals surface area contributed by atoms with Crippen LogP contribution in [0, 0.1) is 0 Å². The van der Waals surface area contributed by atoms with E-state index >= 15 is 0 Å². The molecule has 3 N–H and O–H groups in total. The van der Waals surface area contributed by atoms with Crippen molar-refractivity contribution in [2.75, 3.05) is 5.32 Å². The van der Waals surface area contributed by atoms with Crippen LogP contribution < -0.4 is 11.1 Å². The third-order valence-electron chi connectivity index (χ3n) is 2.06. The van der Waals surface area contributed by atoms with Crippen LogP contribution in [0.4, 0.5) is 5.69 Å². The molecule has 1 aromatic rings. The maximum atomic E-state index is 6.02. The average Bonchev–Trinajstić information content (AvgIpc) is 2.94. The number of guanidine groups is 1. The first-order valence-electron chi connectivity index (χ1n) is 4.70. The number of nitrogens with zero attached hydrogens (tertiary/aromatic N) is 1. The number of hydrogen-bond donors (Lipinski definition) is 2. The van der Waals surface area contributed by atoms with Gasteiger partial charge in [0.15, 0.2) is 5.96 Å². The summed E-state index contributed by atoms with van der Waals surface area (Å²) in [5.74, 6) is 0.432. The molecule has 0 saturated heterocycles. The molecule has 0 heterocycles. The Labute approximate surface area is 102 Å². The third kappa shape index (κ3) is 3.11. The highest BCUT2D eigenvalue weighted by atomic mass is 79.9. The van der Waals surface area contributed by atoms with Crippen molar-refractivity contribution in [3.63, 3.8) is 0 Å². The highest BCUT2D eigenvalue weighted by molar-refractivity contribution is 9.10. The molecule has 0 aromatic heterocycles. The van der Waals surface area contributed by atoms with E-state index < -0.39 is 0 Å². The zero-order chi connectivity index (χ0) is 10.8. The van der Waals surface area contributed by atoms with Gasteiger partial charge in [0.1, 0.15) is 0 Å². The molecule has 1 aliphatic carbocycles. The van der Waals surface area contributed by atoms with Crippen molar-refractivity contribution in [1.82, 2.24) is 0 Å². The molecule has 80 valence electrons. The molecule has 0 atom stereocenters. The van der Waals surface area contributed by atoms with Gasteiger partial charge >= 0.3 is 0 Å². The Morgan fingerprint density at radius 3 is 2.87 bits per heavy atom. The van der Waals surface area contributed by atoms with Crippen molar-refractivity contribution in [2.45, 2.75) is 18.9 Å². The van der Waals surface area contributed by atoms with Crippen molar-refractivity contribution >= 4 is 39.2 Å². The minimum Gasteiger partial charge on any atom is -0.370 e. The molecule has 0 aliphatic heterocycles. The normalized spacial score (nSPS) is 16.5. The summed E-state index contributed by atoms with van der Waals surface area (Å²) in [7, 11) is 0. The summed E-state index contributed by atoms with van der Waals surface area (Å²) < 4.78 is 0.941. The number of anilines is 1. The number of hydrogen-bond acceptors (Lipinski definition) is 1. The van der Waals surface area contributed by atoms with Gasteiger partial charge < -0.3 is 11.1 Å². The lowest BCUT2D eigenvalue weighted by Gasteiger charge is -2.07. The van der Waals surface area contributed by atoms with E-state index in [0.29, 0.717) is 17.0 Å². The van der Waals surface area contributed by atoms with Gasteiger partial charge in [-0.15, -0.1) is 0 Å². The van der Waals surface area contributed by atoms with Gasteiger partial charge in [0.25, 0.3) is 0 Å². The molecule has 0 amide bonds. The van der Waals surface area contributed by atoms with Gasteiger partial charge in [-0.2, -0.15) is 0 Å². The third-order valence-corrected chi connectivity index (χ3v) is 2.87. The monoisotopic (exact) mass is 287 g/mol. The molecular formula is C10H11BrClN3. The zero-order valence-electron chi connectivity index (χ0n) is 8.00. The van der Waals surface area contributed by atoms with E-state index in [1.54, 1.807) is 0 Å². The molecule has 5 heteroatoms. The molecule has 2 rings (SSSR count). The fourth-order valence-corrected chi connectivity index (χ4v) is 1.88. The topological polar surface area (TPSA) is 50.4 Å². The van der Waals surface area contributed by atoms with Gasteiger partial charge in [0.05, 0.1) is 16.8 Å². The lowest BCUT2D eigenvalue weighted by Crippen LogP contribution is -2.23. The van der Waals surface area contributed by atoms with Crippen LogP contribution in [0.1, 0.15) is 12.8 Å². The van der Waals surface area contributed by atoms with Crippen LogP contribution in [0.2, 0.25) is 5.02 Å². The number of nitrogens with one attached hydrogen (secondary N) is 1. The number of nitrogens with two attached hydrogens (primary N) is 1. The lowest BCUT2D eigenvalue weighted by molar-refractivity contribution is 1.06. The molecule has 1 aliphatic rings. The van der Waals surface area contributed by atoms with Crippen LogP contribution in [0.5, 0.6) is 0 Å². The van der Waals surface area contributed by atoms with Gasteiger partial charge in [-0.25, -0.2) is 4.99 Å². The summed E-state index contributed by atoms with van der Waals surface area (Å²) in [5, 5.41) is 3.61. The van der Waals surface area contributed by atoms with Crippen molar-refractivity contribution in [2.24, 2.45) is 10.7 Å². The molecule has 3 nitrogen and oxygen atoms in total. The quantitative estimate of drug-likeness (QED) is 0.649. The summed E-state index contributed by atoms with van der Waals surface area (Å²) in [6.07, 6.45) is 2.27. The summed E-state index contributed by atoms with van der Waals surface area (Å²) in [6.45, 7) is 0. The van der Waals surface area contributed by atoms with E-state index in [-0.39, 0.29) is 0 Å². The largest absolute Gasteiger partial charge is 0.370 e. The Kier molecular flexibility index (Phi) is 3.17. The van der Waals surface area contributed by atoms with E-state index in [1.165, 1.54) is 0 Å². The predicted molar refractivity (Wildman–Crippen MR) is 67.4 cm³/mol. The molecule has 15 heavy (non-hydrogen) atoms. The van der Waals surface area contributed by atoms with E-state index in [1.807, 2.05) is 18.2 Å². The second-order valence-electron chi connectivity index (χ2n) is 3.49. The van der Waals surface area contributed by atoms with Gasteiger partial charge in [0.2, 0.25) is 0 Å². The Morgan fingerprint density at radius 2 is 2.27 bits per heavy atom. The minimum absolute atomic E-state index is 0.409. The van der Waals surface area contributed by atoms with Crippen LogP contribution in [0.15, 0.2) is 27.7 Å². The Hall–Kier alpha value is -0.740. The molecular weight excluding hydrogens is 277 g/mol. The van der Waals surface area contributed by atoms with E-state index in [2.05, 4.69) is 26.2 Å². The summed E-state index contributed by atoms with van der Waals surface area (Å²) in [6, 6.07) is 5.99. The fraction of sp³-hybridized carbons (Fsp3) is 0.300. The number of halogens is 2. The van der Waals surface area contributed by atoms with E-state index in [0.717, 1.165) is 23.0 Å². The van der Waals surface area contributed by atoms with Crippen LogP contribution in [-0.2, 0) is 0 Å². The maximum Gasteiger partial charge on any atom is 0.193 e. The summed E-state index contributed by atoms with van der Waals surface area (Å²) in [4.78, 5) is 4.26. The Bertz CT molecular complexity index is 402. The lowest BCUT2D eigenvalue weighted by atomic mass is 10.3. The van der Waals surface area contributed by atoms with Gasteiger partial charge in [-0.1, -0.05) is 27.5 Å². The van der Waals surface area contributed by atoms with E-state index in [4.69, 9.17) is 17.3 Å². The Morgan fingerprint density at radius 1 is 1.53 bits per heavy atom. The van der Waals surface area contributed by atoms with Crippen molar-refractivity contribution in [3.8, 4) is 0 Å². The van der Waals surface area contributed by atoms with Gasteiger partial charge in [-0.05, 0) is 31.0 Å². The second-order valence-corrected chi connectivity index (χ2v) is 4.82. The molecule has 1 fully saturated rings. The smallest absolute Gasteiger partial charge is 0.193 e. The molecule has 0 spiro atoms.